The molecule has 0 amide bonds. The summed E-state index contributed by atoms with van der Waals surface area (Å²) in [6, 6.07) is 5.67. The Hall–Kier alpha value is -0.910. The van der Waals surface area contributed by atoms with Crippen LogP contribution in [0.3, 0.4) is 0 Å². The lowest BCUT2D eigenvalue weighted by Crippen LogP contribution is -2.38. The van der Waals surface area contributed by atoms with Crippen molar-refractivity contribution >= 4 is 10.0 Å². The molecule has 4 nitrogen and oxygen atoms in total. The molecule has 1 N–H and O–H groups in total. The normalized spacial score (nSPS) is 21.6. The molecule has 3 rings (SSSR count). The molecule has 2 aliphatic rings. The van der Waals surface area contributed by atoms with E-state index in [1.165, 1.54) is 0 Å². The lowest BCUT2D eigenvalue weighted by atomic mass is 10.0. The van der Waals surface area contributed by atoms with Crippen molar-refractivity contribution in [3.05, 3.63) is 29.3 Å². The van der Waals surface area contributed by atoms with E-state index in [0.29, 0.717) is 23.9 Å². The van der Waals surface area contributed by atoms with Crippen LogP contribution >= 0.6 is 0 Å². The molecule has 5 heteroatoms. The predicted molar refractivity (Wildman–Crippen MR) is 79.0 cm³/mol. The van der Waals surface area contributed by atoms with Gasteiger partial charge in [-0.15, -0.1) is 0 Å². The number of fused-ring (bicyclic) bond motifs is 1. The third-order valence-corrected chi connectivity index (χ3v) is 6.44. The van der Waals surface area contributed by atoms with Gasteiger partial charge < -0.3 is 5.32 Å². The molecule has 0 unspecified atom stereocenters. The van der Waals surface area contributed by atoms with Crippen LogP contribution in [0, 0.1) is 5.92 Å². The molecule has 0 atom stereocenters. The molecule has 0 bridgehead atoms. The molecule has 0 saturated carbocycles. The summed E-state index contributed by atoms with van der Waals surface area (Å²) in [5.74, 6) is 0.635. The maximum atomic E-state index is 12.9. The Bertz CT molecular complexity index is 590. The summed E-state index contributed by atoms with van der Waals surface area (Å²) < 4.78 is 27.4. The highest BCUT2D eigenvalue weighted by Gasteiger charge is 2.30. The second-order valence-electron chi connectivity index (χ2n) is 5.91. The fourth-order valence-electron chi connectivity index (χ4n) is 3.10. The van der Waals surface area contributed by atoms with Gasteiger partial charge in [-0.1, -0.05) is 19.1 Å². The number of hydrogen-bond donors (Lipinski definition) is 1. The van der Waals surface area contributed by atoms with Crippen LogP contribution in [0.25, 0.3) is 0 Å². The zero-order valence-corrected chi connectivity index (χ0v) is 12.7. The first-order valence-corrected chi connectivity index (χ1v) is 8.84. The van der Waals surface area contributed by atoms with Crippen molar-refractivity contribution in [1.82, 2.24) is 9.62 Å². The van der Waals surface area contributed by atoms with Crippen molar-refractivity contribution in [2.24, 2.45) is 5.92 Å². The maximum absolute atomic E-state index is 12.9. The smallest absolute Gasteiger partial charge is 0.243 e. The number of nitrogens with one attached hydrogen (secondary N) is 1. The maximum Gasteiger partial charge on any atom is 0.243 e. The van der Waals surface area contributed by atoms with Gasteiger partial charge in [-0.3, -0.25) is 0 Å². The van der Waals surface area contributed by atoms with Crippen molar-refractivity contribution in [1.29, 1.82) is 0 Å². The zero-order chi connectivity index (χ0) is 14.2. The van der Waals surface area contributed by atoms with E-state index < -0.39 is 10.0 Å². The topological polar surface area (TPSA) is 49.4 Å². The Morgan fingerprint density at radius 2 is 2.00 bits per heavy atom. The van der Waals surface area contributed by atoms with Gasteiger partial charge in [-0.25, -0.2) is 8.42 Å². The molecule has 1 aromatic rings. The van der Waals surface area contributed by atoms with Crippen LogP contribution in [-0.2, 0) is 23.0 Å². The van der Waals surface area contributed by atoms with E-state index >= 15 is 0 Å². The summed E-state index contributed by atoms with van der Waals surface area (Å²) in [5.41, 5.74) is 2.15. The highest BCUT2D eigenvalue weighted by atomic mass is 32.2. The predicted octanol–water partition coefficient (Wildman–Crippen LogP) is 1.75. The highest BCUT2D eigenvalue weighted by molar-refractivity contribution is 7.89. The van der Waals surface area contributed by atoms with Gasteiger partial charge in [0.25, 0.3) is 0 Å². The van der Waals surface area contributed by atoms with Crippen molar-refractivity contribution in [2.75, 3.05) is 19.6 Å². The van der Waals surface area contributed by atoms with Crippen LogP contribution in [0.2, 0.25) is 0 Å². The average Bonchev–Trinajstić information content (AvgIpc) is 2.47. The van der Waals surface area contributed by atoms with Crippen LogP contribution in [0.1, 0.15) is 30.9 Å². The first-order chi connectivity index (χ1) is 9.59. The van der Waals surface area contributed by atoms with Gasteiger partial charge in [0, 0.05) is 19.6 Å². The summed E-state index contributed by atoms with van der Waals surface area (Å²) >= 11 is 0. The van der Waals surface area contributed by atoms with Gasteiger partial charge in [0.1, 0.15) is 0 Å². The Balaban J connectivity index is 1.95. The number of sulfonamides is 1. The first-order valence-electron chi connectivity index (χ1n) is 7.40. The standard InChI is InChI=1S/C15H22N2O2S/c1-12-6-9-17(10-7-12)20(18,19)15-4-2-3-13-11-16-8-5-14(13)15/h2-4,12,16H,5-11H2,1H3. The van der Waals surface area contributed by atoms with E-state index in [-0.39, 0.29) is 0 Å². The lowest BCUT2D eigenvalue weighted by molar-refractivity contribution is 0.288. The van der Waals surface area contributed by atoms with Crippen LogP contribution in [-0.4, -0.2) is 32.4 Å². The molecule has 110 valence electrons. The number of nitrogens with zero attached hydrogens (tertiary/aromatic N) is 1. The molecule has 1 saturated heterocycles. The molecular formula is C15H22N2O2S. The Kier molecular flexibility index (Phi) is 3.84. The SMILES string of the molecule is CC1CCN(S(=O)(=O)c2cccc3c2CCNC3)CC1. The number of piperidine rings is 1. The van der Waals surface area contributed by atoms with Gasteiger partial charge in [0.15, 0.2) is 0 Å². The minimum Gasteiger partial charge on any atom is -0.312 e. The summed E-state index contributed by atoms with van der Waals surface area (Å²) in [6.45, 7) is 5.14. The average molecular weight is 294 g/mol. The minimum absolute atomic E-state index is 0.533. The van der Waals surface area contributed by atoms with Gasteiger partial charge in [-0.2, -0.15) is 4.31 Å². The molecule has 0 aliphatic carbocycles. The molecule has 1 fully saturated rings. The third kappa shape index (κ3) is 2.50. The van der Waals surface area contributed by atoms with Gasteiger partial charge in [0.05, 0.1) is 4.90 Å². The van der Waals surface area contributed by atoms with Gasteiger partial charge in [0.2, 0.25) is 10.0 Å². The first kappa shape index (κ1) is 14.0. The Labute approximate surface area is 121 Å². The van der Waals surface area contributed by atoms with Gasteiger partial charge in [-0.05, 0) is 48.9 Å². The minimum atomic E-state index is -3.32. The quantitative estimate of drug-likeness (QED) is 0.904. The zero-order valence-electron chi connectivity index (χ0n) is 11.9. The Morgan fingerprint density at radius 1 is 1.25 bits per heavy atom. The number of benzene rings is 1. The number of hydrogen-bond acceptors (Lipinski definition) is 3. The molecule has 0 aromatic heterocycles. The second kappa shape index (κ2) is 5.47. The molecule has 2 aliphatic heterocycles. The summed E-state index contributed by atoms with van der Waals surface area (Å²) in [4.78, 5) is 0.533. The van der Waals surface area contributed by atoms with E-state index in [9.17, 15) is 8.42 Å². The molecular weight excluding hydrogens is 272 g/mol. The molecule has 20 heavy (non-hydrogen) atoms. The van der Waals surface area contributed by atoms with Crippen LogP contribution in [0.5, 0.6) is 0 Å². The summed E-state index contributed by atoms with van der Waals surface area (Å²) in [5, 5.41) is 3.30. The van der Waals surface area contributed by atoms with E-state index in [1.807, 2.05) is 12.1 Å². The van der Waals surface area contributed by atoms with Crippen LogP contribution < -0.4 is 5.32 Å². The molecule has 2 heterocycles. The summed E-state index contributed by atoms with van der Waals surface area (Å²) in [6.07, 6.45) is 2.74. The van der Waals surface area contributed by atoms with Crippen molar-refractivity contribution in [3.63, 3.8) is 0 Å². The van der Waals surface area contributed by atoms with Crippen LogP contribution in [0.15, 0.2) is 23.1 Å². The van der Waals surface area contributed by atoms with Crippen LogP contribution in [0.4, 0.5) is 0 Å². The fourth-order valence-corrected chi connectivity index (χ4v) is 4.87. The van der Waals surface area contributed by atoms with E-state index in [2.05, 4.69) is 12.2 Å². The van der Waals surface area contributed by atoms with Crippen molar-refractivity contribution in [2.45, 2.75) is 37.6 Å². The second-order valence-corrected chi connectivity index (χ2v) is 7.81. The molecule has 0 spiro atoms. The van der Waals surface area contributed by atoms with Gasteiger partial charge >= 0.3 is 0 Å². The summed E-state index contributed by atoms with van der Waals surface area (Å²) in [7, 11) is -3.32. The van der Waals surface area contributed by atoms with E-state index in [4.69, 9.17) is 0 Å². The van der Waals surface area contributed by atoms with E-state index in [1.54, 1.807) is 10.4 Å². The van der Waals surface area contributed by atoms with Crippen molar-refractivity contribution < 1.29 is 8.42 Å². The Morgan fingerprint density at radius 3 is 2.75 bits per heavy atom. The number of rotatable bonds is 2. The van der Waals surface area contributed by atoms with Crippen molar-refractivity contribution in [3.8, 4) is 0 Å². The fraction of sp³-hybridized carbons (Fsp3) is 0.600. The monoisotopic (exact) mass is 294 g/mol. The van der Waals surface area contributed by atoms with E-state index in [0.717, 1.165) is 43.5 Å². The molecule has 0 radical (unpaired) electrons. The highest BCUT2D eigenvalue weighted by Crippen LogP contribution is 2.28. The largest absolute Gasteiger partial charge is 0.312 e. The third-order valence-electron chi connectivity index (χ3n) is 4.46. The lowest BCUT2D eigenvalue weighted by Gasteiger charge is -2.31. The molecule has 1 aromatic carbocycles.